The van der Waals surface area contributed by atoms with E-state index < -0.39 is 0 Å². The summed E-state index contributed by atoms with van der Waals surface area (Å²) < 4.78 is 0. The first-order chi connectivity index (χ1) is 6.07. The fourth-order valence-corrected chi connectivity index (χ4v) is 2.32. The molecule has 1 aromatic heterocycles. The Kier molecular flexibility index (Phi) is 4.20. The highest BCUT2D eigenvalue weighted by atomic mass is 35.5. The number of aromatic nitrogens is 1. The third-order valence-corrected chi connectivity index (χ3v) is 3.67. The number of hydrogen-bond donors (Lipinski definition) is 0. The molecule has 0 aliphatic heterocycles. The van der Waals surface area contributed by atoms with Crippen molar-refractivity contribution in [2.45, 2.75) is 4.90 Å². The molecular formula is C7H3Cl4NS. The van der Waals surface area contributed by atoms with Crippen molar-refractivity contribution in [3.05, 3.63) is 32.3 Å². The van der Waals surface area contributed by atoms with Gasteiger partial charge in [0.25, 0.3) is 0 Å². The summed E-state index contributed by atoms with van der Waals surface area (Å²) in [5.74, 6) is 0. The first kappa shape index (κ1) is 11.5. The van der Waals surface area contributed by atoms with E-state index in [0.717, 1.165) is 0 Å². The lowest BCUT2D eigenvalue weighted by Gasteiger charge is -2.05. The number of pyridine rings is 1. The summed E-state index contributed by atoms with van der Waals surface area (Å²) in [5.41, 5.74) is 0. The first-order valence-corrected chi connectivity index (χ1v) is 5.44. The molecule has 0 amide bonds. The van der Waals surface area contributed by atoms with Crippen molar-refractivity contribution in [3.8, 4) is 0 Å². The molecule has 1 aromatic rings. The van der Waals surface area contributed by atoms with Gasteiger partial charge in [-0.2, -0.15) is 0 Å². The molecule has 70 valence electrons. The topological polar surface area (TPSA) is 12.9 Å². The van der Waals surface area contributed by atoms with Gasteiger partial charge in [-0.1, -0.05) is 64.7 Å². The molecule has 0 aliphatic carbocycles. The van der Waals surface area contributed by atoms with Crippen LogP contribution in [0.5, 0.6) is 0 Å². The fraction of sp³-hybridized carbons (Fsp3) is 0. The minimum atomic E-state index is 0.139. The second-order valence-corrected chi connectivity index (χ2v) is 4.38. The van der Waals surface area contributed by atoms with Crippen molar-refractivity contribution in [1.29, 1.82) is 0 Å². The van der Waals surface area contributed by atoms with Gasteiger partial charge in [0.1, 0.15) is 0 Å². The molecule has 0 fully saturated rings. The molecule has 6 heteroatoms. The fourth-order valence-electron chi connectivity index (χ4n) is 0.655. The third-order valence-electron chi connectivity index (χ3n) is 1.16. The Morgan fingerprint density at radius 3 is 1.92 bits per heavy atom. The molecule has 0 saturated heterocycles. The zero-order chi connectivity index (χ0) is 10.0. The second kappa shape index (κ2) is 4.76. The van der Waals surface area contributed by atoms with Crippen molar-refractivity contribution in [3.63, 3.8) is 0 Å². The average Bonchev–Trinajstić information content (AvgIpc) is 2.09. The Balaban J connectivity index is 3.36. The average molecular weight is 275 g/mol. The van der Waals surface area contributed by atoms with Crippen LogP contribution in [0.1, 0.15) is 0 Å². The van der Waals surface area contributed by atoms with Crippen LogP contribution in [0.3, 0.4) is 0 Å². The zero-order valence-electron chi connectivity index (χ0n) is 6.15. The molecule has 0 atom stereocenters. The molecule has 0 bridgehead atoms. The van der Waals surface area contributed by atoms with Crippen LogP contribution in [0.2, 0.25) is 20.4 Å². The Hall–Kier alpha value is 0.400. The van der Waals surface area contributed by atoms with Gasteiger partial charge in [0.05, 0.1) is 14.9 Å². The van der Waals surface area contributed by atoms with Crippen molar-refractivity contribution in [1.82, 2.24) is 4.98 Å². The Bertz CT molecular complexity index is 327. The highest BCUT2D eigenvalue weighted by Gasteiger charge is 2.14. The number of halogens is 4. The molecular weight excluding hydrogens is 272 g/mol. The van der Waals surface area contributed by atoms with Gasteiger partial charge in [-0.3, -0.25) is 0 Å². The maximum absolute atomic E-state index is 5.84. The maximum atomic E-state index is 5.84. The number of nitrogens with zero attached hydrogens (tertiary/aromatic N) is 1. The predicted octanol–water partition coefficient (Wildman–Crippen LogP) is 4.93. The summed E-state index contributed by atoms with van der Waals surface area (Å²) >= 11 is 24.3. The third kappa shape index (κ3) is 2.45. The van der Waals surface area contributed by atoms with Gasteiger partial charge in [0, 0.05) is 0 Å². The van der Waals surface area contributed by atoms with Crippen LogP contribution >= 0.6 is 58.2 Å². The molecule has 0 saturated carbocycles. The molecule has 0 radical (unpaired) electrons. The monoisotopic (exact) mass is 273 g/mol. The van der Waals surface area contributed by atoms with Crippen LogP contribution < -0.4 is 0 Å². The molecule has 0 N–H and O–H groups in total. The number of thioether (sulfide) groups is 1. The van der Waals surface area contributed by atoms with Crippen molar-refractivity contribution in [2.24, 2.45) is 0 Å². The van der Waals surface area contributed by atoms with E-state index in [0.29, 0.717) is 14.9 Å². The van der Waals surface area contributed by atoms with E-state index in [2.05, 4.69) is 11.6 Å². The van der Waals surface area contributed by atoms with E-state index in [1.807, 2.05) is 0 Å². The van der Waals surface area contributed by atoms with Gasteiger partial charge in [-0.25, -0.2) is 4.98 Å². The SMILES string of the molecule is C=CSc1c(Cl)c(Cl)nc(Cl)c1Cl. The maximum Gasteiger partial charge on any atom is 0.150 e. The minimum Gasteiger partial charge on any atom is -0.221 e. The standard InChI is InChI=1S/C7H3Cl4NS/c1-2-13-5-3(8)6(10)12-7(11)4(5)9/h2H,1H2. The predicted molar refractivity (Wildman–Crippen MR) is 60.3 cm³/mol. The highest BCUT2D eigenvalue weighted by Crippen LogP contribution is 2.40. The second-order valence-electron chi connectivity index (χ2n) is 1.94. The number of rotatable bonds is 2. The summed E-state index contributed by atoms with van der Waals surface area (Å²) in [7, 11) is 0. The van der Waals surface area contributed by atoms with Crippen LogP contribution in [0, 0.1) is 0 Å². The first-order valence-electron chi connectivity index (χ1n) is 3.05. The largest absolute Gasteiger partial charge is 0.221 e. The van der Waals surface area contributed by atoms with Crippen molar-refractivity contribution in [2.75, 3.05) is 0 Å². The normalized spacial score (nSPS) is 10.2. The van der Waals surface area contributed by atoms with E-state index >= 15 is 0 Å². The van der Waals surface area contributed by atoms with E-state index in [9.17, 15) is 0 Å². The van der Waals surface area contributed by atoms with Crippen molar-refractivity contribution < 1.29 is 0 Å². The molecule has 1 nitrogen and oxygen atoms in total. The summed E-state index contributed by atoms with van der Waals surface area (Å²) in [6.45, 7) is 3.54. The summed E-state index contributed by atoms with van der Waals surface area (Å²) in [6.07, 6.45) is 0. The van der Waals surface area contributed by atoms with E-state index in [1.54, 1.807) is 5.41 Å². The van der Waals surface area contributed by atoms with E-state index in [4.69, 9.17) is 46.4 Å². The van der Waals surface area contributed by atoms with Gasteiger partial charge in [-0.05, 0) is 5.41 Å². The van der Waals surface area contributed by atoms with Gasteiger partial charge in [0.2, 0.25) is 0 Å². The van der Waals surface area contributed by atoms with Gasteiger partial charge in [0.15, 0.2) is 10.3 Å². The quantitative estimate of drug-likeness (QED) is 0.560. The van der Waals surface area contributed by atoms with Crippen LogP contribution in [0.15, 0.2) is 16.9 Å². The molecule has 1 rings (SSSR count). The van der Waals surface area contributed by atoms with Crippen LogP contribution in [-0.2, 0) is 0 Å². The summed E-state index contributed by atoms with van der Waals surface area (Å²) in [4.78, 5) is 4.31. The minimum absolute atomic E-state index is 0.139. The summed E-state index contributed by atoms with van der Waals surface area (Å²) in [6, 6.07) is 0. The molecule has 0 unspecified atom stereocenters. The van der Waals surface area contributed by atoms with Crippen LogP contribution in [0.25, 0.3) is 0 Å². The van der Waals surface area contributed by atoms with Crippen molar-refractivity contribution >= 4 is 58.2 Å². The summed E-state index contributed by atoms with van der Waals surface area (Å²) in [5, 5.41) is 2.45. The lowest BCUT2D eigenvalue weighted by Crippen LogP contribution is -1.84. The highest BCUT2D eigenvalue weighted by molar-refractivity contribution is 8.02. The van der Waals surface area contributed by atoms with Crippen LogP contribution in [-0.4, -0.2) is 4.98 Å². The zero-order valence-corrected chi connectivity index (χ0v) is 9.99. The Morgan fingerprint density at radius 1 is 1.08 bits per heavy atom. The molecule has 13 heavy (non-hydrogen) atoms. The lowest BCUT2D eigenvalue weighted by molar-refractivity contribution is 1.26. The lowest BCUT2D eigenvalue weighted by atomic mass is 10.5. The Labute approximate surface area is 100 Å². The smallest absolute Gasteiger partial charge is 0.150 e. The van der Waals surface area contributed by atoms with Crippen LogP contribution in [0.4, 0.5) is 0 Å². The van der Waals surface area contributed by atoms with Gasteiger partial charge in [-0.15, -0.1) is 0 Å². The molecule has 0 spiro atoms. The molecule has 0 aromatic carbocycles. The molecule has 1 heterocycles. The van der Waals surface area contributed by atoms with Gasteiger partial charge < -0.3 is 0 Å². The van der Waals surface area contributed by atoms with E-state index in [-0.39, 0.29) is 10.3 Å². The Morgan fingerprint density at radius 2 is 1.54 bits per heavy atom. The van der Waals surface area contributed by atoms with Gasteiger partial charge >= 0.3 is 0 Å². The molecule has 0 aliphatic rings. The van der Waals surface area contributed by atoms with E-state index in [1.165, 1.54) is 11.8 Å². The number of hydrogen-bond acceptors (Lipinski definition) is 2.